The fraction of sp³-hybridized carbons (Fsp3) is 0.636. The summed E-state index contributed by atoms with van der Waals surface area (Å²) in [6, 6.07) is 7.01. The fourth-order valence-electron chi connectivity index (χ4n) is 3.05. The predicted octanol–water partition coefficient (Wildman–Crippen LogP) is 5.95. The molecule has 146 valence electrons. The molecule has 0 saturated carbocycles. The Morgan fingerprint density at radius 1 is 0.808 bits per heavy atom. The van der Waals surface area contributed by atoms with Crippen molar-refractivity contribution in [3.63, 3.8) is 0 Å². The summed E-state index contributed by atoms with van der Waals surface area (Å²) in [5.41, 5.74) is 1.47. The summed E-state index contributed by atoms with van der Waals surface area (Å²) in [5, 5.41) is 11.6. The third kappa shape index (κ3) is 11.7. The lowest BCUT2D eigenvalue weighted by atomic mass is 10.1. The van der Waals surface area contributed by atoms with E-state index in [1.807, 2.05) is 0 Å². The van der Waals surface area contributed by atoms with Crippen LogP contribution in [0.3, 0.4) is 0 Å². The van der Waals surface area contributed by atoms with Crippen molar-refractivity contribution in [2.24, 2.45) is 0 Å². The second-order valence-electron chi connectivity index (χ2n) is 7.10. The van der Waals surface area contributed by atoms with Crippen LogP contribution in [0.2, 0.25) is 0 Å². The van der Waals surface area contributed by atoms with Crippen LogP contribution in [-0.4, -0.2) is 17.0 Å². The van der Waals surface area contributed by atoms with Crippen LogP contribution in [-0.2, 0) is 16.0 Å². The average Bonchev–Trinajstić information content (AvgIpc) is 2.61. The Bertz CT molecular complexity index is 511. The highest BCUT2D eigenvalue weighted by molar-refractivity contribution is 5.90. The van der Waals surface area contributed by atoms with Gasteiger partial charge in [-0.25, -0.2) is 0 Å². The maximum absolute atomic E-state index is 11.9. The SMILES string of the molecule is CCCCCCCCCCCCCC(=O)Nc1ccc(CC(=O)O)cc1. The van der Waals surface area contributed by atoms with Gasteiger partial charge in [0.25, 0.3) is 0 Å². The van der Waals surface area contributed by atoms with Crippen molar-refractivity contribution in [1.29, 1.82) is 0 Å². The highest BCUT2D eigenvalue weighted by Crippen LogP contribution is 2.13. The molecule has 0 bridgehead atoms. The van der Waals surface area contributed by atoms with Crippen molar-refractivity contribution in [3.05, 3.63) is 29.8 Å². The molecular weight excluding hydrogens is 326 g/mol. The molecular formula is C22H35NO3. The molecule has 2 N–H and O–H groups in total. The lowest BCUT2D eigenvalue weighted by Crippen LogP contribution is -2.11. The summed E-state index contributed by atoms with van der Waals surface area (Å²) in [6.07, 6.45) is 14.6. The molecule has 0 aliphatic carbocycles. The monoisotopic (exact) mass is 361 g/mol. The van der Waals surface area contributed by atoms with Crippen LogP contribution >= 0.6 is 0 Å². The third-order valence-electron chi connectivity index (χ3n) is 4.60. The molecule has 4 heteroatoms. The van der Waals surface area contributed by atoms with E-state index in [-0.39, 0.29) is 12.3 Å². The second-order valence-corrected chi connectivity index (χ2v) is 7.10. The van der Waals surface area contributed by atoms with Crippen molar-refractivity contribution in [2.45, 2.75) is 90.4 Å². The Hall–Kier alpha value is -1.84. The van der Waals surface area contributed by atoms with Crippen molar-refractivity contribution in [1.82, 2.24) is 0 Å². The van der Waals surface area contributed by atoms with Gasteiger partial charge in [-0.05, 0) is 24.1 Å². The largest absolute Gasteiger partial charge is 0.481 e. The molecule has 0 radical (unpaired) electrons. The summed E-state index contributed by atoms with van der Waals surface area (Å²) in [7, 11) is 0. The number of unbranched alkanes of at least 4 members (excludes halogenated alkanes) is 10. The summed E-state index contributed by atoms with van der Waals surface area (Å²) in [5.74, 6) is -0.815. The molecule has 0 aliphatic rings. The van der Waals surface area contributed by atoms with Crippen molar-refractivity contribution < 1.29 is 14.7 Å². The molecule has 0 aromatic heterocycles. The number of aliphatic carboxylic acids is 1. The van der Waals surface area contributed by atoms with Crippen molar-refractivity contribution in [2.75, 3.05) is 5.32 Å². The maximum atomic E-state index is 11.9. The van der Waals surface area contributed by atoms with Gasteiger partial charge in [0, 0.05) is 12.1 Å². The molecule has 1 rings (SSSR count). The van der Waals surface area contributed by atoms with Crippen LogP contribution in [0.25, 0.3) is 0 Å². The molecule has 1 amide bonds. The first-order valence-corrected chi connectivity index (χ1v) is 10.2. The molecule has 1 aromatic carbocycles. The summed E-state index contributed by atoms with van der Waals surface area (Å²) in [4.78, 5) is 22.6. The number of anilines is 1. The Labute approximate surface area is 158 Å². The lowest BCUT2D eigenvalue weighted by Gasteiger charge is -2.06. The van der Waals surface area contributed by atoms with E-state index in [0.29, 0.717) is 6.42 Å². The van der Waals surface area contributed by atoms with E-state index < -0.39 is 5.97 Å². The number of hydrogen-bond donors (Lipinski definition) is 2. The zero-order valence-corrected chi connectivity index (χ0v) is 16.3. The fourth-order valence-corrected chi connectivity index (χ4v) is 3.05. The van der Waals surface area contributed by atoms with Crippen LogP contribution in [0, 0.1) is 0 Å². The number of benzene rings is 1. The molecule has 26 heavy (non-hydrogen) atoms. The topological polar surface area (TPSA) is 66.4 Å². The van der Waals surface area contributed by atoms with E-state index in [9.17, 15) is 9.59 Å². The minimum atomic E-state index is -0.849. The minimum absolute atomic E-state index is 0.00691. The molecule has 0 unspecified atom stereocenters. The molecule has 0 saturated heterocycles. The number of nitrogens with one attached hydrogen (secondary N) is 1. The van der Waals surface area contributed by atoms with Crippen LogP contribution in [0.4, 0.5) is 5.69 Å². The van der Waals surface area contributed by atoms with Crippen LogP contribution in [0.15, 0.2) is 24.3 Å². The molecule has 1 aromatic rings. The van der Waals surface area contributed by atoms with E-state index in [1.54, 1.807) is 24.3 Å². The first-order chi connectivity index (χ1) is 12.6. The van der Waals surface area contributed by atoms with E-state index in [1.165, 1.54) is 57.8 Å². The summed E-state index contributed by atoms with van der Waals surface area (Å²) >= 11 is 0. The Morgan fingerprint density at radius 3 is 1.81 bits per heavy atom. The molecule has 0 spiro atoms. The first-order valence-electron chi connectivity index (χ1n) is 10.2. The van der Waals surface area contributed by atoms with Gasteiger partial charge >= 0.3 is 5.97 Å². The van der Waals surface area contributed by atoms with E-state index in [0.717, 1.165) is 24.1 Å². The number of carboxylic acid groups (broad SMARTS) is 1. The molecule has 0 fully saturated rings. The number of amides is 1. The zero-order chi connectivity index (χ0) is 19.0. The van der Waals surface area contributed by atoms with E-state index in [4.69, 9.17) is 5.11 Å². The van der Waals surface area contributed by atoms with Gasteiger partial charge in [0.15, 0.2) is 0 Å². The Kier molecular flexibility index (Phi) is 12.2. The minimum Gasteiger partial charge on any atom is -0.481 e. The van der Waals surface area contributed by atoms with Gasteiger partial charge in [0.05, 0.1) is 6.42 Å². The van der Waals surface area contributed by atoms with Gasteiger partial charge in [-0.3, -0.25) is 9.59 Å². The standard InChI is InChI=1S/C22H35NO3/c1-2-3-4-5-6-7-8-9-10-11-12-13-21(24)23-20-16-14-19(15-17-20)18-22(25)26/h14-17H,2-13,18H2,1H3,(H,23,24)(H,25,26). The lowest BCUT2D eigenvalue weighted by molar-refractivity contribution is -0.136. The molecule has 0 heterocycles. The number of carbonyl (C=O) groups excluding carboxylic acids is 1. The smallest absolute Gasteiger partial charge is 0.307 e. The summed E-state index contributed by atoms with van der Waals surface area (Å²) in [6.45, 7) is 2.25. The van der Waals surface area contributed by atoms with Gasteiger partial charge in [-0.2, -0.15) is 0 Å². The predicted molar refractivity (Wildman–Crippen MR) is 107 cm³/mol. The van der Waals surface area contributed by atoms with Gasteiger partial charge < -0.3 is 10.4 Å². The molecule has 0 aliphatic heterocycles. The number of rotatable bonds is 15. The van der Waals surface area contributed by atoms with Gasteiger partial charge in [0.2, 0.25) is 5.91 Å². The molecule has 0 atom stereocenters. The van der Waals surface area contributed by atoms with Crippen LogP contribution in [0.5, 0.6) is 0 Å². The van der Waals surface area contributed by atoms with Crippen LogP contribution < -0.4 is 5.32 Å². The van der Waals surface area contributed by atoms with Crippen LogP contribution in [0.1, 0.15) is 89.5 Å². The normalized spacial score (nSPS) is 10.7. The third-order valence-corrected chi connectivity index (χ3v) is 4.60. The maximum Gasteiger partial charge on any atom is 0.307 e. The van der Waals surface area contributed by atoms with Crippen molar-refractivity contribution >= 4 is 17.6 Å². The first kappa shape index (κ1) is 22.2. The number of carboxylic acids is 1. The zero-order valence-electron chi connectivity index (χ0n) is 16.3. The summed E-state index contributed by atoms with van der Waals surface area (Å²) < 4.78 is 0. The van der Waals surface area contributed by atoms with Crippen molar-refractivity contribution in [3.8, 4) is 0 Å². The quantitative estimate of drug-likeness (QED) is 0.379. The second kappa shape index (κ2) is 14.3. The highest BCUT2D eigenvalue weighted by atomic mass is 16.4. The molecule has 4 nitrogen and oxygen atoms in total. The van der Waals surface area contributed by atoms with Gasteiger partial charge in [-0.1, -0.05) is 83.3 Å². The Balaban J connectivity index is 2.00. The number of hydrogen-bond acceptors (Lipinski definition) is 2. The van der Waals surface area contributed by atoms with E-state index in [2.05, 4.69) is 12.2 Å². The average molecular weight is 362 g/mol. The highest BCUT2D eigenvalue weighted by Gasteiger charge is 2.04. The Morgan fingerprint density at radius 2 is 1.31 bits per heavy atom. The van der Waals surface area contributed by atoms with Gasteiger partial charge in [-0.15, -0.1) is 0 Å². The van der Waals surface area contributed by atoms with E-state index >= 15 is 0 Å². The van der Waals surface area contributed by atoms with Gasteiger partial charge in [0.1, 0.15) is 0 Å². The number of carbonyl (C=O) groups is 2.